The monoisotopic (exact) mass is 331 g/mol. The number of rotatable bonds is 5. The summed E-state index contributed by atoms with van der Waals surface area (Å²) < 4.78 is 5.43. The van der Waals surface area contributed by atoms with Crippen LogP contribution in [0.15, 0.2) is 24.3 Å². The molecule has 2 atom stereocenters. The predicted molar refractivity (Wildman–Crippen MR) is 92.9 cm³/mol. The number of benzene rings is 1. The SMILES string of the molecule is CC(=O)Nc1ccc(NC(=O)C2(C)CCN2CC2CCOC2)cc1. The van der Waals surface area contributed by atoms with Crippen molar-refractivity contribution >= 4 is 23.2 Å². The van der Waals surface area contributed by atoms with Crippen LogP contribution in [-0.2, 0) is 14.3 Å². The van der Waals surface area contributed by atoms with Crippen LogP contribution in [0.1, 0.15) is 26.7 Å². The lowest BCUT2D eigenvalue weighted by Crippen LogP contribution is -2.65. The zero-order valence-corrected chi connectivity index (χ0v) is 14.3. The number of carbonyl (C=O) groups excluding carboxylic acids is 2. The van der Waals surface area contributed by atoms with Crippen LogP contribution < -0.4 is 10.6 Å². The van der Waals surface area contributed by atoms with E-state index in [9.17, 15) is 9.59 Å². The van der Waals surface area contributed by atoms with Gasteiger partial charge in [-0.05, 0) is 49.9 Å². The Morgan fingerprint density at radius 1 is 1.25 bits per heavy atom. The van der Waals surface area contributed by atoms with Gasteiger partial charge in [0.1, 0.15) is 0 Å². The van der Waals surface area contributed by atoms with Crippen LogP contribution in [0.5, 0.6) is 0 Å². The zero-order chi connectivity index (χ0) is 17.2. The highest BCUT2D eigenvalue weighted by molar-refractivity contribution is 5.98. The molecule has 1 aromatic carbocycles. The van der Waals surface area contributed by atoms with E-state index in [0.29, 0.717) is 5.92 Å². The lowest BCUT2D eigenvalue weighted by molar-refractivity contribution is -0.136. The van der Waals surface area contributed by atoms with Crippen molar-refractivity contribution in [2.45, 2.75) is 32.2 Å². The van der Waals surface area contributed by atoms with Crippen LogP contribution in [0.2, 0.25) is 0 Å². The molecule has 2 fully saturated rings. The molecule has 2 aliphatic heterocycles. The molecule has 6 heteroatoms. The van der Waals surface area contributed by atoms with E-state index in [2.05, 4.69) is 15.5 Å². The Kier molecular flexibility index (Phi) is 4.87. The van der Waals surface area contributed by atoms with Gasteiger partial charge in [-0.15, -0.1) is 0 Å². The fraction of sp³-hybridized carbons (Fsp3) is 0.556. The van der Waals surface area contributed by atoms with E-state index in [0.717, 1.165) is 50.5 Å². The van der Waals surface area contributed by atoms with Gasteiger partial charge in [-0.2, -0.15) is 0 Å². The number of hydrogen-bond acceptors (Lipinski definition) is 4. The minimum Gasteiger partial charge on any atom is -0.381 e. The largest absolute Gasteiger partial charge is 0.381 e. The van der Waals surface area contributed by atoms with E-state index in [1.807, 2.05) is 6.92 Å². The van der Waals surface area contributed by atoms with Crippen LogP contribution in [0.3, 0.4) is 0 Å². The molecule has 2 saturated heterocycles. The van der Waals surface area contributed by atoms with Crippen LogP contribution >= 0.6 is 0 Å². The van der Waals surface area contributed by atoms with Gasteiger partial charge in [0.25, 0.3) is 0 Å². The summed E-state index contributed by atoms with van der Waals surface area (Å²) >= 11 is 0. The van der Waals surface area contributed by atoms with E-state index < -0.39 is 5.54 Å². The summed E-state index contributed by atoms with van der Waals surface area (Å²) in [5, 5.41) is 5.71. The van der Waals surface area contributed by atoms with Crippen molar-refractivity contribution in [2.24, 2.45) is 5.92 Å². The number of carbonyl (C=O) groups is 2. The van der Waals surface area contributed by atoms with Gasteiger partial charge in [0.15, 0.2) is 0 Å². The predicted octanol–water partition coefficient (Wildman–Crippen LogP) is 2.08. The fourth-order valence-corrected chi connectivity index (χ4v) is 3.30. The molecule has 2 unspecified atom stereocenters. The van der Waals surface area contributed by atoms with Crippen molar-refractivity contribution in [1.82, 2.24) is 4.90 Å². The molecule has 6 nitrogen and oxygen atoms in total. The number of ether oxygens (including phenoxy) is 1. The normalized spacial score (nSPS) is 26.7. The Labute approximate surface area is 142 Å². The van der Waals surface area contributed by atoms with Gasteiger partial charge in [0.05, 0.1) is 12.1 Å². The van der Waals surface area contributed by atoms with Crippen LogP contribution in [0, 0.1) is 5.92 Å². The van der Waals surface area contributed by atoms with E-state index in [4.69, 9.17) is 4.74 Å². The summed E-state index contributed by atoms with van der Waals surface area (Å²) in [6.45, 7) is 7.00. The molecule has 24 heavy (non-hydrogen) atoms. The topological polar surface area (TPSA) is 70.7 Å². The highest BCUT2D eigenvalue weighted by Crippen LogP contribution is 2.33. The maximum atomic E-state index is 12.7. The molecule has 2 amide bonds. The Balaban J connectivity index is 1.58. The average Bonchev–Trinajstić information content (AvgIpc) is 3.05. The highest BCUT2D eigenvalue weighted by atomic mass is 16.5. The highest BCUT2D eigenvalue weighted by Gasteiger charge is 2.47. The van der Waals surface area contributed by atoms with Gasteiger partial charge in [-0.1, -0.05) is 0 Å². The second-order valence-corrected chi connectivity index (χ2v) is 6.91. The van der Waals surface area contributed by atoms with Crippen molar-refractivity contribution in [3.8, 4) is 0 Å². The van der Waals surface area contributed by atoms with Crippen molar-refractivity contribution in [2.75, 3.05) is 36.9 Å². The Bertz CT molecular complexity index is 610. The second-order valence-electron chi connectivity index (χ2n) is 6.91. The minimum absolute atomic E-state index is 0.0277. The number of likely N-dealkylation sites (tertiary alicyclic amines) is 1. The Morgan fingerprint density at radius 3 is 2.42 bits per heavy atom. The molecule has 2 N–H and O–H groups in total. The number of amides is 2. The van der Waals surface area contributed by atoms with Gasteiger partial charge < -0.3 is 15.4 Å². The van der Waals surface area contributed by atoms with Crippen molar-refractivity contribution in [3.63, 3.8) is 0 Å². The summed E-state index contributed by atoms with van der Waals surface area (Å²) in [6, 6.07) is 7.18. The van der Waals surface area contributed by atoms with Crippen LogP contribution in [-0.4, -0.2) is 48.6 Å². The molecule has 2 aliphatic rings. The van der Waals surface area contributed by atoms with Gasteiger partial charge in [-0.25, -0.2) is 0 Å². The van der Waals surface area contributed by atoms with E-state index >= 15 is 0 Å². The first-order chi connectivity index (χ1) is 11.5. The molecular formula is C18H25N3O3. The summed E-state index contributed by atoms with van der Waals surface area (Å²) in [7, 11) is 0. The fourth-order valence-electron chi connectivity index (χ4n) is 3.30. The number of anilines is 2. The number of nitrogens with zero attached hydrogens (tertiary/aromatic N) is 1. The lowest BCUT2D eigenvalue weighted by Gasteiger charge is -2.50. The van der Waals surface area contributed by atoms with Gasteiger partial charge in [0, 0.05) is 38.0 Å². The van der Waals surface area contributed by atoms with E-state index in [1.54, 1.807) is 24.3 Å². The third kappa shape index (κ3) is 3.60. The number of nitrogens with one attached hydrogen (secondary N) is 2. The zero-order valence-electron chi connectivity index (χ0n) is 14.3. The molecule has 0 radical (unpaired) electrons. The maximum absolute atomic E-state index is 12.7. The molecular weight excluding hydrogens is 306 g/mol. The standard InChI is InChI=1S/C18H25N3O3/c1-13(22)19-15-3-5-16(6-4-15)20-17(23)18(2)8-9-21(18)11-14-7-10-24-12-14/h3-6,14H,7-12H2,1-2H3,(H,19,22)(H,20,23). The summed E-state index contributed by atoms with van der Waals surface area (Å²) in [4.78, 5) is 26.0. The van der Waals surface area contributed by atoms with Crippen molar-refractivity contribution in [3.05, 3.63) is 24.3 Å². The lowest BCUT2D eigenvalue weighted by atomic mass is 9.84. The number of hydrogen-bond donors (Lipinski definition) is 2. The molecule has 0 aromatic heterocycles. The van der Waals surface area contributed by atoms with Crippen molar-refractivity contribution in [1.29, 1.82) is 0 Å². The van der Waals surface area contributed by atoms with Gasteiger partial charge >= 0.3 is 0 Å². The Morgan fingerprint density at radius 2 is 1.92 bits per heavy atom. The summed E-state index contributed by atoms with van der Waals surface area (Å²) in [5.74, 6) is 0.453. The van der Waals surface area contributed by atoms with Gasteiger partial charge in [0.2, 0.25) is 11.8 Å². The maximum Gasteiger partial charge on any atom is 0.244 e. The smallest absolute Gasteiger partial charge is 0.244 e. The quantitative estimate of drug-likeness (QED) is 0.867. The molecule has 0 aliphatic carbocycles. The summed E-state index contributed by atoms with van der Waals surface area (Å²) in [5.41, 5.74) is 1.02. The molecule has 3 rings (SSSR count). The first-order valence-electron chi connectivity index (χ1n) is 8.49. The summed E-state index contributed by atoms with van der Waals surface area (Å²) in [6.07, 6.45) is 1.95. The first kappa shape index (κ1) is 16.9. The van der Waals surface area contributed by atoms with E-state index in [-0.39, 0.29) is 11.8 Å². The van der Waals surface area contributed by atoms with Crippen LogP contribution in [0.25, 0.3) is 0 Å². The average molecular weight is 331 g/mol. The molecule has 1 aromatic rings. The first-order valence-corrected chi connectivity index (χ1v) is 8.49. The minimum atomic E-state index is -0.446. The van der Waals surface area contributed by atoms with Crippen LogP contribution in [0.4, 0.5) is 11.4 Å². The van der Waals surface area contributed by atoms with Crippen molar-refractivity contribution < 1.29 is 14.3 Å². The second kappa shape index (κ2) is 6.91. The Hall–Kier alpha value is -1.92. The molecule has 0 spiro atoms. The van der Waals surface area contributed by atoms with E-state index in [1.165, 1.54) is 6.92 Å². The molecule has 0 bridgehead atoms. The van der Waals surface area contributed by atoms with Gasteiger partial charge in [-0.3, -0.25) is 14.5 Å². The third-order valence-electron chi connectivity index (χ3n) is 5.02. The molecule has 0 saturated carbocycles. The molecule has 2 heterocycles. The third-order valence-corrected chi connectivity index (χ3v) is 5.02. The molecule has 130 valence electrons.